The SMILES string of the molecule is CCOC(=O)c1nnc2ccccc2c1N1CCC(C(O)c2nccn2C)CC1. The number of piperidine rings is 1. The Bertz CT molecular complexity index is 1010. The molecule has 0 spiro atoms. The topological polar surface area (TPSA) is 93.4 Å². The van der Waals surface area contributed by atoms with Crippen molar-refractivity contribution in [1.82, 2.24) is 19.7 Å². The fraction of sp³-hybridized carbons (Fsp3) is 0.429. The first kappa shape index (κ1) is 19.3. The summed E-state index contributed by atoms with van der Waals surface area (Å²) >= 11 is 0. The molecule has 1 aliphatic heterocycles. The van der Waals surface area contributed by atoms with Gasteiger partial charge in [-0.25, -0.2) is 9.78 Å². The number of ether oxygens (including phenoxy) is 1. The predicted molar refractivity (Wildman–Crippen MR) is 109 cm³/mol. The van der Waals surface area contributed by atoms with Gasteiger partial charge < -0.3 is 19.3 Å². The fourth-order valence-corrected chi connectivity index (χ4v) is 4.01. The van der Waals surface area contributed by atoms with Crippen LogP contribution in [0.5, 0.6) is 0 Å². The summed E-state index contributed by atoms with van der Waals surface area (Å²) in [5, 5.41) is 20.0. The number of carbonyl (C=O) groups excluding carboxylic acids is 1. The zero-order chi connectivity index (χ0) is 20.4. The molecule has 1 atom stereocenters. The second-order valence-corrected chi connectivity index (χ2v) is 7.30. The molecular weight excluding hydrogens is 370 g/mol. The number of aliphatic hydroxyl groups excluding tert-OH is 1. The summed E-state index contributed by atoms with van der Waals surface area (Å²) in [6.07, 6.45) is 4.51. The second-order valence-electron chi connectivity index (χ2n) is 7.30. The maximum absolute atomic E-state index is 12.5. The Morgan fingerprint density at radius 2 is 2.03 bits per heavy atom. The van der Waals surface area contributed by atoms with Crippen molar-refractivity contribution < 1.29 is 14.6 Å². The number of imidazole rings is 1. The minimum atomic E-state index is -0.603. The third kappa shape index (κ3) is 3.67. The maximum Gasteiger partial charge on any atom is 0.361 e. The number of fused-ring (bicyclic) bond motifs is 1. The zero-order valence-electron chi connectivity index (χ0n) is 16.7. The van der Waals surface area contributed by atoms with E-state index in [2.05, 4.69) is 20.1 Å². The summed E-state index contributed by atoms with van der Waals surface area (Å²) in [6.45, 7) is 3.46. The maximum atomic E-state index is 12.5. The van der Waals surface area contributed by atoms with Gasteiger partial charge in [-0.05, 0) is 31.7 Å². The molecule has 152 valence electrons. The summed E-state index contributed by atoms with van der Waals surface area (Å²) in [7, 11) is 1.89. The molecule has 4 rings (SSSR count). The zero-order valence-corrected chi connectivity index (χ0v) is 16.7. The van der Waals surface area contributed by atoms with Gasteiger partial charge >= 0.3 is 5.97 Å². The number of benzene rings is 1. The molecule has 29 heavy (non-hydrogen) atoms. The molecule has 2 aromatic heterocycles. The van der Waals surface area contributed by atoms with Crippen LogP contribution >= 0.6 is 0 Å². The van der Waals surface area contributed by atoms with E-state index >= 15 is 0 Å². The molecule has 0 bridgehead atoms. The number of esters is 1. The highest BCUT2D eigenvalue weighted by Gasteiger charge is 2.31. The van der Waals surface area contributed by atoms with Crippen LogP contribution in [0.4, 0.5) is 5.69 Å². The molecule has 0 aliphatic carbocycles. The number of carbonyl (C=O) groups is 1. The van der Waals surface area contributed by atoms with Gasteiger partial charge in [0.2, 0.25) is 0 Å². The lowest BCUT2D eigenvalue weighted by Gasteiger charge is -2.36. The van der Waals surface area contributed by atoms with Crippen molar-refractivity contribution in [2.45, 2.75) is 25.9 Å². The second kappa shape index (κ2) is 8.16. The van der Waals surface area contributed by atoms with Crippen molar-refractivity contribution in [3.63, 3.8) is 0 Å². The van der Waals surface area contributed by atoms with Crippen LogP contribution in [-0.2, 0) is 11.8 Å². The number of hydrogen-bond donors (Lipinski definition) is 1. The molecule has 1 aliphatic rings. The van der Waals surface area contributed by atoms with Gasteiger partial charge in [-0.1, -0.05) is 18.2 Å². The van der Waals surface area contributed by atoms with E-state index in [9.17, 15) is 9.90 Å². The van der Waals surface area contributed by atoms with E-state index in [-0.39, 0.29) is 18.2 Å². The van der Waals surface area contributed by atoms with Gasteiger partial charge in [0.25, 0.3) is 0 Å². The van der Waals surface area contributed by atoms with Gasteiger partial charge in [0.1, 0.15) is 11.9 Å². The van der Waals surface area contributed by atoms with Crippen LogP contribution in [0, 0.1) is 5.92 Å². The Morgan fingerprint density at radius 1 is 1.28 bits per heavy atom. The van der Waals surface area contributed by atoms with Crippen LogP contribution in [0.1, 0.15) is 42.2 Å². The largest absolute Gasteiger partial charge is 0.461 e. The standard InChI is InChI=1S/C21H25N5O3/c1-3-29-21(28)17-18(15-6-4-5-7-16(15)23-24-17)26-11-8-14(9-12-26)19(27)20-22-10-13-25(20)2/h4-7,10,13-14,19,27H,3,8-9,11-12H2,1-2H3. The Kier molecular flexibility index (Phi) is 5.44. The van der Waals surface area contributed by atoms with Crippen LogP contribution in [0.3, 0.4) is 0 Å². The number of anilines is 1. The van der Waals surface area contributed by atoms with Gasteiger partial charge in [-0.3, -0.25) is 0 Å². The van der Waals surface area contributed by atoms with Gasteiger partial charge in [0.05, 0.1) is 17.8 Å². The van der Waals surface area contributed by atoms with E-state index in [1.807, 2.05) is 42.1 Å². The highest BCUT2D eigenvalue weighted by atomic mass is 16.5. The minimum Gasteiger partial charge on any atom is -0.461 e. The third-order valence-electron chi connectivity index (χ3n) is 5.54. The highest BCUT2D eigenvalue weighted by Crippen LogP contribution is 2.35. The third-order valence-corrected chi connectivity index (χ3v) is 5.54. The summed E-state index contributed by atoms with van der Waals surface area (Å²) in [6, 6.07) is 7.68. The Morgan fingerprint density at radius 3 is 2.72 bits per heavy atom. The monoisotopic (exact) mass is 395 g/mol. The van der Waals surface area contributed by atoms with Crippen molar-refractivity contribution >= 4 is 22.6 Å². The predicted octanol–water partition coefficient (Wildman–Crippen LogP) is 2.49. The van der Waals surface area contributed by atoms with Crippen molar-refractivity contribution in [2.24, 2.45) is 13.0 Å². The lowest BCUT2D eigenvalue weighted by Crippen LogP contribution is -2.37. The molecule has 3 aromatic rings. The van der Waals surface area contributed by atoms with Crippen LogP contribution in [0.2, 0.25) is 0 Å². The summed E-state index contributed by atoms with van der Waals surface area (Å²) in [5.41, 5.74) is 1.75. The quantitative estimate of drug-likeness (QED) is 0.663. The first-order valence-electron chi connectivity index (χ1n) is 9.93. The Labute approximate surface area is 169 Å². The average Bonchev–Trinajstić information content (AvgIpc) is 3.18. The van der Waals surface area contributed by atoms with Crippen molar-refractivity contribution in [2.75, 3.05) is 24.6 Å². The van der Waals surface area contributed by atoms with Crippen LogP contribution < -0.4 is 4.90 Å². The molecule has 0 saturated carbocycles. The number of hydrogen-bond acceptors (Lipinski definition) is 7. The molecule has 1 fully saturated rings. The molecule has 3 heterocycles. The summed E-state index contributed by atoms with van der Waals surface area (Å²) in [5.74, 6) is 0.335. The van der Waals surface area contributed by atoms with E-state index in [4.69, 9.17) is 4.74 Å². The molecule has 8 nitrogen and oxygen atoms in total. The lowest BCUT2D eigenvalue weighted by atomic mass is 9.90. The smallest absolute Gasteiger partial charge is 0.361 e. The van der Waals surface area contributed by atoms with Crippen LogP contribution in [-0.4, -0.2) is 50.5 Å². The fourth-order valence-electron chi connectivity index (χ4n) is 4.01. The number of aryl methyl sites for hydroxylation is 1. The Hall–Kier alpha value is -3.00. The van der Waals surface area contributed by atoms with E-state index in [1.54, 1.807) is 13.1 Å². The minimum absolute atomic E-state index is 0.111. The van der Waals surface area contributed by atoms with Gasteiger partial charge in [-0.2, -0.15) is 0 Å². The summed E-state index contributed by atoms with van der Waals surface area (Å²) < 4.78 is 7.07. The molecule has 1 N–H and O–H groups in total. The van der Waals surface area contributed by atoms with Gasteiger partial charge in [-0.15, -0.1) is 10.2 Å². The molecular formula is C21H25N5O3. The van der Waals surface area contributed by atoms with Crippen molar-refractivity contribution in [1.29, 1.82) is 0 Å². The number of aromatic nitrogens is 4. The van der Waals surface area contributed by atoms with Gasteiger partial charge in [0.15, 0.2) is 5.69 Å². The molecule has 0 radical (unpaired) electrons. The van der Waals surface area contributed by atoms with Crippen molar-refractivity contribution in [3.05, 3.63) is 48.2 Å². The molecule has 0 amide bonds. The van der Waals surface area contributed by atoms with E-state index in [1.165, 1.54) is 0 Å². The van der Waals surface area contributed by atoms with E-state index < -0.39 is 12.1 Å². The Balaban J connectivity index is 1.61. The lowest BCUT2D eigenvalue weighted by molar-refractivity contribution is 0.0518. The molecule has 8 heteroatoms. The van der Waals surface area contributed by atoms with Crippen LogP contribution in [0.25, 0.3) is 10.9 Å². The molecule has 1 saturated heterocycles. The number of rotatable bonds is 5. The average molecular weight is 395 g/mol. The number of nitrogens with zero attached hydrogens (tertiary/aromatic N) is 5. The first-order valence-corrected chi connectivity index (χ1v) is 9.93. The highest BCUT2D eigenvalue weighted by molar-refractivity contribution is 6.03. The van der Waals surface area contributed by atoms with Crippen molar-refractivity contribution in [3.8, 4) is 0 Å². The van der Waals surface area contributed by atoms with E-state index in [0.29, 0.717) is 18.9 Å². The normalized spacial score (nSPS) is 16.2. The molecule has 1 unspecified atom stereocenters. The van der Waals surface area contributed by atoms with Gasteiger partial charge in [0, 0.05) is 37.9 Å². The number of aliphatic hydroxyl groups is 1. The van der Waals surface area contributed by atoms with E-state index in [0.717, 1.165) is 29.4 Å². The first-order chi connectivity index (χ1) is 14.1. The molecule has 1 aromatic carbocycles. The van der Waals surface area contributed by atoms with Crippen LogP contribution in [0.15, 0.2) is 36.7 Å². The summed E-state index contributed by atoms with van der Waals surface area (Å²) in [4.78, 5) is 19.0.